The molecule has 6 heteroatoms. The lowest BCUT2D eigenvalue weighted by Gasteiger charge is -2.36. The van der Waals surface area contributed by atoms with E-state index in [1.807, 2.05) is 0 Å². The SMILES string of the molecule is CCOC(=O)c1ncsc1NC1CCOC(C)(C)C1. The molecule has 1 N–H and O–H groups in total. The lowest BCUT2D eigenvalue weighted by atomic mass is 9.94. The largest absolute Gasteiger partial charge is 0.461 e. The van der Waals surface area contributed by atoms with Gasteiger partial charge < -0.3 is 14.8 Å². The molecule has 1 atom stereocenters. The Morgan fingerprint density at radius 2 is 2.47 bits per heavy atom. The number of esters is 1. The van der Waals surface area contributed by atoms with Crippen molar-refractivity contribution in [2.45, 2.75) is 45.3 Å². The van der Waals surface area contributed by atoms with E-state index < -0.39 is 0 Å². The fraction of sp³-hybridized carbons (Fsp3) is 0.692. The maximum atomic E-state index is 11.8. The molecule has 2 heterocycles. The summed E-state index contributed by atoms with van der Waals surface area (Å²) in [7, 11) is 0. The van der Waals surface area contributed by atoms with E-state index in [-0.39, 0.29) is 11.6 Å². The molecule has 0 radical (unpaired) electrons. The van der Waals surface area contributed by atoms with Crippen molar-refractivity contribution in [2.75, 3.05) is 18.5 Å². The number of carbonyl (C=O) groups is 1. The minimum Gasteiger partial charge on any atom is -0.461 e. The average molecular weight is 284 g/mol. The van der Waals surface area contributed by atoms with Crippen molar-refractivity contribution in [1.82, 2.24) is 4.98 Å². The fourth-order valence-electron chi connectivity index (χ4n) is 2.23. The molecule has 5 nitrogen and oxygen atoms in total. The van der Waals surface area contributed by atoms with Crippen molar-refractivity contribution in [3.63, 3.8) is 0 Å². The molecule has 19 heavy (non-hydrogen) atoms. The van der Waals surface area contributed by atoms with Crippen LogP contribution in [0.2, 0.25) is 0 Å². The smallest absolute Gasteiger partial charge is 0.360 e. The van der Waals surface area contributed by atoms with Gasteiger partial charge in [0, 0.05) is 12.6 Å². The summed E-state index contributed by atoms with van der Waals surface area (Å²) in [6.07, 6.45) is 1.84. The van der Waals surface area contributed by atoms with Crippen LogP contribution in [0.5, 0.6) is 0 Å². The van der Waals surface area contributed by atoms with Crippen LogP contribution < -0.4 is 5.32 Å². The number of rotatable bonds is 4. The molecule has 2 rings (SSSR count). The lowest BCUT2D eigenvalue weighted by Crippen LogP contribution is -2.40. The molecular weight excluding hydrogens is 264 g/mol. The van der Waals surface area contributed by atoms with Gasteiger partial charge in [-0.3, -0.25) is 0 Å². The highest BCUT2D eigenvalue weighted by atomic mass is 32.1. The molecule has 0 spiro atoms. The summed E-state index contributed by atoms with van der Waals surface area (Å²) in [5.41, 5.74) is 1.93. The molecule has 0 aliphatic carbocycles. The second-order valence-electron chi connectivity index (χ2n) is 5.19. The Hall–Kier alpha value is -1.14. The van der Waals surface area contributed by atoms with E-state index >= 15 is 0 Å². The van der Waals surface area contributed by atoms with E-state index in [1.54, 1.807) is 12.4 Å². The summed E-state index contributed by atoms with van der Waals surface area (Å²) < 4.78 is 10.7. The van der Waals surface area contributed by atoms with Crippen molar-refractivity contribution < 1.29 is 14.3 Å². The molecule has 0 amide bonds. The van der Waals surface area contributed by atoms with Crippen LogP contribution in [-0.2, 0) is 9.47 Å². The second-order valence-corrected chi connectivity index (χ2v) is 6.05. The summed E-state index contributed by atoms with van der Waals surface area (Å²) in [6.45, 7) is 7.05. The first kappa shape index (κ1) is 14.3. The van der Waals surface area contributed by atoms with Gasteiger partial charge in [-0.1, -0.05) is 0 Å². The molecule has 1 aromatic heterocycles. The number of hydrogen-bond donors (Lipinski definition) is 1. The van der Waals surface area contributed by atoms with E-state index in [0.717, 1.165) is 24.4 Å². The van der Waals surface area contributed by atoms with Gasteiger partial charge in [-0.2, -0.15) is 0 Å². The van der Waals surface area contributed by atoms with Crippen LogP contribution in [0.3, 0.4) is 0 Å². The molecule has 1 aromatic rings. The number of carbonyl (C=O) groups excluding carboxylic acids is 1. The Bertz CT molecular complexity index is 445. The number of hydrogen-bond acceptors (Lipinski definition) is 6. The molecule has 1 aliphatic rings. The number of ether oxygens (including phenoxy) is 2. The minimum atomic E-state index is -0.363. The molecule has 1 unspecified atom stereocenters. The summed E-state index contributed by atoms with van der Waals surface area (Å²) in [5.74, 6) is -0.363. The first-order valence-corrected chi connectivity index (χ1v) is 7.41. The maximum absolute atomic E-state index is 11.8. The Labute approximate surface area is 117 Å². The van der Waals surface area contributed by atoms with Crippen molar-refractivity contribution in [2.24, 2.45) is 0 Å². The van der Waals surface area contributed by atoms with Crippen LogP contribution in [-0.4, -0.2) is 35.8 Å². The lowest BCUT2D eigenvalue weighted by molar-refractivity contribution is -0.0552. The summed E-state index contributed by atoms with van der Waals surface area (Å²) in [4.78, 5) is 15.8. The molecule has 0 bridgehead atoms. The van der Waals surface area contributed by atoms with Crippen LogP contribution in [0, 0.1) is 0 Å². The highest BCUT2D eigenvalue weighted by molar-refractivity contribution is 7.14. The minimum absolute atomic E-state index is 0.120. The molecule has 1 fully saturated rings. The molecule has 1 saturated heterocycles. The van der Waals surface area contributed by atoms with Crippen LogP contribution in [0.15, 0.2) is 5.51 Å². The highest BCUT2D eigenvalue weighted by Crippen LogP contribution is 2.29. The van der Waals surface area contributed by atoms with Gasteiger partial charge in [0.15, 0.2) is 5.69 Å². The number of aromatic nitrogens is 1. The Morgan fingerprint density at radius 1 is 1.68 bits per heavy atom. The van der Waals surface area contributed by atoms with Gasteiger partial charge in [0.2, 0.25) is 0 Å². The van der Waals surface area contributed by atoms with Gasteiger partial charge in [-0.25, -0.2) is 9.78 Å². The molecular formula is C13H20N2O3S. The zero-order valence-electron chi connectivity index (χ0n) is 11.6. The molecule has 0 aromatic carbocycles. The Morgan fingerprint density at radius 3 is 3.16 bits per heavy atom. The number of nitrogens with one attached hydrogen (secondary N) is 1. The Kier molecular flexibility index (Phi) is 4.42. The highest BCUT2D eigenvalue weighted by Gasteiger charge is 2.30. The van der Waals surface area contributed by atoms with E-state index in [2.05, 4.69) is 24.1 Å². The van der Waals surface area contributed by atoms with Gasteiger partial charge in [0.05, 0.1) is 17.7 Å². The topological polar surface area (TPSA) is 60.5 Å². The predicted octanol–water partition coefficient (Wildman–Crippen LogP) is 2.69. The zero-order chi connectivity index (χ0) is 13.9. The number of thiazole rings is 1. The van der Waals surface area contributed by atoms with E-state index in [9.17, 15) is 4.79 Å². The fourth-order valence-corrected chi connectivity index (χ4v) is 2.98. The maximum Gasteiger partial charge on any atom is 0.360 e. The summed E-state index contributed by atoms with van der Waals surface area (Å²) in [5, 5.41) is 4.19. The number of anilines is 1. The molecule has 1 aliphatic heterocycles. The average Bonchev–Trinajstić information content (AvgIpc) is 2.76. The van der Waals surface area contributed by atoms with Gasteiger partial charge in [-0.05, 0) is 33.6 Å². The zero-order valence-corrected chi connectivity index (χ0v) is 12.4. The normalized spacial score (nSPS) is 21.9. The van der Waals surface area contributed by atoms with Gasteiger partial charge >= 0.3 is 5.97 Å². The summed E-state index contributed by atoms with van der Waals surface area (Å²) >= 11 is 1.43. The second kappa shape index (κ2) is 5.88. The van der Waals surface area contributed by atoms with Crippen molar-refractivity contribution in [3.8, 4) is 0 Å². The monoisotopic (exact) mass is 284 g/mol. The first-order valence-electron chi connectivity index (χ1n) is 6.53. The van der Waals surface area contributed by atoms with Gasteiger partial charge in [0.1, 0.15) is 5.00 Å². The first-order chi connectivity index (χ1) is 9.02. The van der Waals surface area contributed by atoms with Crippen LogP contribution in [0.25, 0.3) is 0 Å². The summed E-state index contributed by atoms with van der Waals surface area (Å²) in [6, 6.07) is 0.303. The van der Waals surface area contributed by atoms with Crippen molar-refractivity contribution >= 4 is 22.3 Å². The van der Waals surface area contributed by atoms with E-state index in [4.69, 9.17) is 9.47 Å². The van der Waals surface area contributed by atoms with E-state index in [1.165, 1.54) is 11.3 Å². The number of nitrogens with zero attached hydrogens (tertiary/aromatic N) is 1. The van der Waals surface area contributed by atoms with Crippen molar-refractivity contribution in [3.05, 3.63) is 11.2 Å². The quantitative estimate of drug-likeness (QED) is 0.861. The third-order valence-electron chi connectivity index (χ3n) is 3.07. The standard InChI is InChI=1S/C13H20N2O3S/c1-4-17-12(16)10-11(19-8-14-10)15-9-5-6-18-13(2,3)7-9/h8-9,15H,4-7H2,1-3H3. The van der Waals surface area contributed by atoms with Crippen molar-refractivity contribution in [1.29, 1.82) is 0 Å². The third-order valence-corrected chi connectivity index (χ3v) is 3.83. The molecule has 106 valence electrons. The predicted molar refractivity (Wildman–Crippen MR) is 74.7 cm³/mol. The Balaban J connectivity index is 2.03. The van der Waals surface area contributed by atoms with Gasteiger partial charge in [-0.15, -0.1) is 11.3 Å². The molecule has 0 saturated carbocycles. The third kappa shape index (κ3) is 3.67. The van der Waals surface area contributed by atoms with Gasteiger partial charge in [0.25, 0.3) is 0 Å². The van der Waals surface area contributed by atoms with Crippen LogP contribution in [0.1, 0.15) is 44.1 Å². The van der Waals surface area contributed by atoms with Crippen LogP contribution in [0.4, 0.5) is 5.00 Å². The van der Waals surface area contributed by atoms with Crippen LogP contribution >= 0.6 is 11.3 Å². The van der Waals surface area contributed by atoms with E-state index in [0.29, 0.717) is 18.3 Å².